The van der Waals surface area contributed by atoms with Crippen LogP contribution in [0.2, 0.25) is 0 Å². The summed E-state index contributed by atoms with van der Waals surface area (Å²) in [5, 5.41) is 3.31. The van der Waals surface area contributed by atoms with Crippen LogP contribution in [0, 0.1) is 6.92 Å². The number of para-hydroxylation sites is 1. The quantitative estimate of drug-likeness (QED) is 0.759. The van der Waals surface area contributed by atoms with Gasteiger partial charge >= 0.3 is 0 Å². The SMILES string of the molecule is COc1ccc(Nc2cc(C)nc(N(C)c3ccccc3)n2)cc1. The van der Waals surface area contributed by atoms with Crippen LogP contribution in [-0.2, 0) is 0 Å². The molecule has 24 heavy (non-hydrogen) atoms. The summed E-state index contributed by atoms with van der Waals surface area (Å²) < 4.78 is 5.18. The average Bonchev–Trinajstić information content (AvgIpc) is 2.62. The molecule has 1 N–H and O–H groups in total. The molecule has 0 bridgehead atoms. The van der Waals surface area contributed by atoms with Crippen molar-refractivity contribution in [3.05, 3.63) is 66.4 Å². The van der Waals surface area contributed by atoms with E-state index in [4.69, 9.17) is 4.74 Å². The van der Waals surface area contributed by atoms with Gasteiger partial charge in [-0.15, -0.1) is 0 Å². The number of aromatic nitrogens is 2. The van der Waals surface area contributed by atoms with Gasteiger partial charge in [0.15, 0.2) is 0 Å². The van der Waals surface area contributed by atoms with Crippen molar-refractivity contribution in [3.63, 3.8) is 0 Å². The smallest absolute Gasteiger partial charge is 0.231 e. The third-order valence-corrected chi connectivity index (χ3v) is 3.65. The molecule has 0 unspecified atom stereocenters. The van der Waals surface area contributed by atoms with Crippen molar-refractivity contribution >= 4 is 23.1 Å². The monoisotopic (exact) mass is 320 g/mol. The molecule has 0 saturated heterocycles. The van der Waals surface area contributed by atoms with E-state index in [0.717, 1.165) is 28.6 Å². The van der Waals surface area contributed by atoms with Gasteiger partial charge in [-0.25, -0.2) is 4.98 Å². The van der Waals surface area contributed by atoms with Gasteiger partial charge in [-0.05, 0) is 43.3 Å². The summed E-state index contributed by atoms with van der Waals surface area (Å²) in [7, 11) is 3.61. The second kappa shape index (κ2) is 7.00. The Labute approximate surface area is 142 Å². The summed E-state index contributed by atoms with van der Waals surface area (Å²) in [5.74, 6) is 2.23. The first-order valence-electron chi connectivity index (χ1n) is 7.71. The number of aryl methyl sites for hydroxylation is 1. The van der Waals surface area contributed by atoms with E-state index in [-0.39, 0.29) is 0 Å². The molecule has 5 heteroatoms. The molecule has 0 amide bonds. The van der Waals surface area contributed by atoms with Crippen LogP contribution in [0.1, 0.15) is 5.69 Å². The summed E-state index contributed by atoms with van der Waals surface area (Å²) in [6.07, 6.45) is 0. The van der Waals surface area contributed by atoms with Gasteiger partial charge in [0.25, 0.3) is 0 Å². The molecule has 0 aliphatic heterocycles. The van der Waals surface area contributed by atoms with E-state index in [2.05, 4.69) is 15.3 Å². The second-order valence-electron chi connectivity index (χ2n) is 5.44. The Bertz CT molecular complexity index is 803. The topological polar surface area (TPSA) is 50.3 Å². The maximum absolute atomic E-state index is 5.18. The van der Waals surface area contributed by atoms with Crippen LogP contribution in [0.15, 0.2) is 60.7 Å². The number of benzene rings is 2. The van der Waals surface area contributed by atoms with E-state index >= 15 is 0 Å². The molecular formula is C19H20N4O. The summed E-state index contributed by atoms with van der Waals surface area (Å²) in [5.41, 5.74) is 2.89. The van der Waals surface area contributed by atoms with Crippen LogP contribution in [0.3, 0.4) is 0 Å². The minimum atomic E-state index is 0.650. The third-order valence-electron chi connectivity index (χ3n) is 3.65. The molecule has 3 rings (SSSR count). The van der Waals surface area contributed by atoms with Gasteiger partial charge in [0.2, 0.25) is 5.95 Å². The zero-order valence-corrected chi connectivity index (χ0v) is 14.0. The summed E-state index contributed by atoms with van der Waals surface area (Å²) >= 11 is 0. The van der Waals surface area contributed by atoms with Crippen LogP contribution in [0.5, 0.6) is 5.75 Å². The number of nitrogens with zero attached hydrogens (tertiary/aromatic N) is 3. The summed E-state index contributed by atoms with van der Waals surface area (Å²) in [6, 6.07) is 19.7. The summed E-state index contributed by atoms with van der Waals surface area (Å²) in [6.45, 7) is 1.96. The Balaban J connectivity index is 1.85. The highest BCUT2D eigenvalue weighted by atomic mass is 16.5. The molecule has 1 aromatic heterocycles. The standard InChI is InChI=1S/C19H20N4O/c1-14-13-18(21-15-9-11-17(24-3)12-10-15)22-19(20-14)23(2)16-7-5-4-6-8-16/h4-13H,1-3H3,(H,20,21,22). The lowest BCUT2D eigenvalue weighted by molar-refractivity contribution is 0.415. The Hall–Kier alpha value is -3.08. The maximum Gasteiger partial charge on any atom is 0.231 e. The van der Waals surface area contributed by atoms with Gasteiger partial charge in [-0.2, -0.15) is 4.98 Å². The van der Waals surface area contributed by atoms with Gasteiger partial charge in [0.05, 0.1) is 7.11 Å². The van der Waals surface area contributed by atoms with E-state index in [1.807, 2.05) is 79.5 Å². The molecule has 122 valence electrons. The molecule has 2 aromatic carbocycles. The van der Waals surface area contributed by atoms with E-state index < -0.39 is 0 Å². The molecule has 0 spiro atoms. The largest absolute Gasteiger partial charge is 0.497 e. The average molecular weight is 320 g/mol. The van der Waals surface area contributed by atoms with Crippen LogP contribution >= 0.6 is 0 Å². The number of anilines is 4. The van der Waals surface area contributed by atoms with Gasteiger partial charge in [0, 0.05) is 30.2 Å². The van der Waals surface area contributed by atoms with Crippen LogP contribution in [0.25, 0.3) is 0 Å². The molecule has 0 fully saturated rings. The van der Waals surface area contributed by atoms with E-state index in [0.29, 0.717) is 5.95 Å². The number of ether oxygens (including phenoxy) is 1. The molecule has 5 nitrogen and oxygen atoms in total. The lowest BCUT2D eigenvalue weighted by atomic mass is 10.3. The number of nitrogens with one attached hydrogen (secondary N) is 1. The highest BCUT2D eigenvalue weighted by molar-refractivity contribution is 5.61. The highest BCUT2D eigenvalue weighted by Crippen LogP contribution is 2.24. The molecule has 0 saturated carbocycles. The Morgan fingerprint density at radius 2 is 1.67 bits per heavy atom. The normalized spacial score (nSPS) is 10.3. The van der Waals surface area contributed by atoms with Crippen molar-refractivity contribution in [2.45, 2.75) is 6.92 Å². The predicted molar refractivity (Wildman–Crippen MR) is 97.6 cm³/mol. The number of hydrogen-bond acceptors (Lipinski definition) is 5. The number of methoxy groups -OCH3 is 1. The fourth-order valence-corrected chi connectivity index (χ4v) is 2.36. The number of rotatable bonds is 5. The molecule has 0 atom stereocenters. The van der Waals surface area contributed by atoms with Gasteiger partial charge in [0.1, 0.15) is 11.6 Å². The van der Waals surface area contributed by atoms with E-state index in [1.54, 1.807) is 7.11 Å². The first-order chi connectivity index (χ1) is 11.7. The molecule has 0 radical (unpaired) electrons. The molecule has 0 aliphatic rings. The Morgan fingerprint density at radius 3 is 2.33 bits per heavy atom. The van der Waals surface area contributed by atoms with Crippen LogP contribution in [0.4, 0.5) is 23.1 Å². The lowest BCUT2D eigenvalue weighted by Gasteiger charge is -2.18. The van der Waals surface area contributed by atoms with Crippen LogP contribution < -0.4 is 15.0 Å². The molecular weight excluding hydrogens is 300 g/mol. The zero-order valence-electron chi connectivity index (χ0n) is 14.0. The minimum Gasteiger partial charge on any atom is -0.497 e. The molecule has 0 aliphatic carbocycles. The second-order valence-corrected chi connectivity index (χ2v) is 5.44. The van der Waals surface area contributed by atoms with Crippen molar-refractivity contribution in [3.8, 4) is 5.75 Å². The van der Waals surface area contributed by atoms with Gasteiger partial charge in [-0.1, -0.05) is 18.2 Å². The predicted octanol–water partition coefficient (Wildman–Crippen LogP) is 4.31. The molecule has 3 aromatic rings. The fourth-order valence-electron chi connectivity index (χ4n) is 2.36. The van der Waals surface area contributed by atoms with Crippen molar-refractivity contribution in [2.75, 3.05) is 24.4 Å². The Kier molecular flexibility index (Phi) is 4.61. The maximum atomic E-state index is 5.18. The lowest BCUT2D eigenvalue weighted by Crippen LogP contribution is -2.14. The minimum absolute atomic E-state index is 0.650. The van der Waals surface area contributed by atoms with Crippen molar-refractivity contribution in [2.24, 2.45) is 0 Å². The van der Waals surface area contributed by atoms with E-state index in [1.165, 1.54) is 0 Å². The van der Waals surface area contributed by atoms with Crippen molar-refractivity contribution < 1.29 is 4.74 Å². The first-order valence-corrected chi connectivity index (χ1v) is 7.71. The van der Waals surface area contributed by atoms with E-state index in [9.17, 15) is 0 Å². The third kappa shape index (κ3) is 3.63. The van der Waals surface area contributed by atoms with Crippen LogP contribution in [-0.4, -0.2) is 24.1 Å². The van der Waals surface area contributed by atoms with Crippen molar-refractivity contribution in [1.82, 2.24) is 9.97 Å². The van der Waals surface area contributed by atoms with Gasteiger partial charge < -0.3 is 15.0 Å². The molecule has 1 heterocycles. The fraction of sp³-hybridized carbons (Fsp3) is 0.158. The first kappa shape index (κ1) is 15.8. The van der Waals surface area contributed by atoms with Gasteiger partial charge in [-0.3, -0.25) is 0 Å². The highest BCUT2D eigenvalue weighted by Gasteiger charge is 2.09. The number of hydrogen-bond donors (Lipinski definition) is 1. The zero-order chi connectivity index (χ0) is 16.9. The Morgan fingerprint density at radius 1 is 0.958 bits per heavy atom. The summed E-state index contributed by atoms with van der Waals surface area (Å²) in [4.78, 5) is 11.1. The van der Waals surface area contributed by atoms with Crippen molar-refractivity contribution in [1.29, 1.82) is 0 Å².